The van der Waals surface area contributed by atoms with E-state index in [1.807, 2.05) is 31.4 Å². The largest absolute Gasteiger partial charge is 0.329 e. The van der Waals surface area contributed by atoms with Crippen LogP contribution in [0.4, 0.5) is 11.5 Å². The first kappa shape index (κ1) is 21.1. The molecule has 0 bridgehead atoms. The number of aromatic nitrogens is 3. The third kappa shape index (κ3) is 3.64. The molecule has 0 saturated heterocycles. The lowest BCUT2D eigenvalue weighted by molar-refractivity contribution is 1.03. The molecule has 0 aliphatic carbocycles. The van der Waals surface area contributed by atoms with E-state index in [2.05, 4.69) is 107 Å². The summed E-state index contributed by atoms with van der Waals surface area (Å²) in [5, 5.41) is 2.46. The smallest absolute Gasteiger partial charge is 0.137 e. The number of pyridine rings is 2. The lowest BCUT2D eigenvalue weighted by atomic mass is 10.0. The summed E-state index contributed by atoms with van der Waals surface area (Å²) in [4.78, 5) is 11.5. The third-order valence-corrected chi connectivity index (χ3v) is 6.80. The number of nitrogens with zero attached hydrogens (tertiary/aromatic N) is 4. The zero-order valence-corrected chi connectivity index (χ0v) is 20.1. The van der Waals surface area contributed by atoms with Gasteiger partial charge in [-0.05, 0) is 73.0 Å². The predicted molar refractivity (Wildman–Crippen MR) is 146 cm³/mol. The number of para-hydroxylation sites is 1. The quantitative estimate of drug-likeness (QED) is 0.275. The molecule has 0 N–H and O–H groups in total. The second-order valence-corrected chi connectivity index (χ2v) is 8.95. The van der Waals surface area contributed by atoms with E-state index in [1.165, 1.54) is 27.4 Å². The zero-order chi connectivity index (χ0) is 23.9. The summed E-state index contributed by atoms with van der Waals surface area (Å²) in [5.41, 5.74) is 8.00. The molecule has 3 aromatic carbocycles. The molecular formula is C31H26N4. The molecule has 0 spiro atoms. The number of anilines is 2. The maximum absolute atomic E-state index is 4.94. The Balaban J connectivity index is 1.52. The molecule has 0 amide bonds. The minimum absolute atomic E-state index is 0.918. The first-order valence-corrected chi connectivity index (χ1v) is 11.8. The number of aryl methyl sites for hydroxylation is 2. The van der Waals surface area contributed by atoms with E-state index >= 15 is 0 Å². The van der Waals surface area contributed by atoms with E-state index in [-0.39, 0.29) is 0 Å². The Morgan fingerprint density at radius 3 is 2.31 bits per heavy atom. The molecule has 3 aromatic heterocycles. The maximum atomic E-state index is 4.94. The summed E-state index contributed by atoms with van der Waals surface area (Å²) in [6.45, 7) is 4.17. The van der Waals surface area contributed by atoms with Gasteiger partial charge in [0.15, 0.2) is 0 Å². The SMILES string of the molecule is Cc1ccc(-n2c3ccccc3c3ccc(-c4cccc(N(C)c5ccccn5)c4)cc32)nc1C. The fourth-order valence-corrected chi connectivity index (χ4v) is 4.72. The number of rotatable bonds is 4. The second kappa shape index (κ2) is 8.41. The molecule has 4 heteroatoms. The second-order valence-electron chi connectivity index (χ2n) is 8.95. The van der Waals surface area contributed by atoms with Crippen LogP contribution in [-0.2, 0) is 0 Å². The summed E-state index contributed by atoms with van der Waals surface area (Å²) in [5.74, 6) is 1.86. The standard InChI is InChI=1S/C31H26N4/c1-21-14-17-31(33-22(21)2)35-28-12-5-4-11-26(28)27-16-15-24(20-29(27)35)23-9-8-10-25(19-23)34(3)30-13-6-7-18-32-30/h4-20H,1-3H3. The Kier molecular flexibility index (Phi) is 5.07. The Labute approximate surface area is 205 Å². The highest BCUT2D eigenvalue weighted by atomic mass is 15.2. The number of fused-ring (bicyclic) bond motifs is 3. The van der Waals surface area contributed by atoms with Crippen molar-refractivity contribution in [3.05, 3.63) is 115 Å². The van der Waals surface area contributed by atoms with Gasteiger partial charge in [0.2, 0.25) is 0 Å². The minimum Gasteiger partial charge on any atom is -0.329 e. The van der Waals surface area contributed by atoms with Gasteiger partial charge in [-0.1, -0.05) is 54.6 Å². The molecule has 0 fully saturated rings. The van der Waals surface area contributed by atoms with Crippen molar-refractivity contribution in [3.63, 3.8) is 0 Å². The fraction of sp³-hybridized carbons (Fsp3) is 0.0968. The van der Waals surface area contributed by atoms with Crippen LogP contribution in [0, 0.1) is 13.8 Å². The van der Waals surface area contributed by atoms with Crippen molar-refractivity contribution in [1.29, 1.82) is 0 Å². The van der Waals surface area contributed by atoms with Crippen molar-refractivity contribution in [2.24, 2.45) is 0 Å². The van der Waals surface area contributed by atoms with Crippen LogP contribution in [0.25, 0.3) is 38.8 Å². The van der Waals surface area contributed by atoms with Crippen molar-refractivity contribution in [2.45, 2.75) is 13.8 Å². The average molecular weight is 455 g/mol. The summed E-state index contributed by atoms with van der Waals surface area (Å²) >= 11 is 0. The van der Waals surface area contributed by atoms with Gasteiger partial charge in [-0.25, -0.2) is 9.97 Å². The highest BCUT2D eigenvalue weighted by Gasteiger charge is 2.15. The average Bonchev–Trinajstić information content (AvgIpc) is 3.24. The first-order valence-electron chi connectivity index (χ1n) is 11.8. The van der Waals surface area contributed by atoms with Gasteiger partial charge >= 0.3 is 0 Å². The molecule has 3 heterocycles. The van der Waals surface area contributed by atoms with Gasteiger partial charge in [-0.3, -0.25) is 4.57 Å². The van der Waals surface area contributed by atoms with Crippen LogP contribution in [0.1, 0.15) is 11.3 Å². The molecule has 0 radical (unpaired) electrons. The van der Waals surface area contributed by atoms with E-state index in [1.54, 1.807) is 0 Å². The van der Waals surface area contributed by atoms with Gasteiger partial charge in [0, 0.05) is 35.4 Å². The monoisotopic (exact) mass is 454 g/mol. The number of hydrogen-bond acceptors (Lipinski definition) is 3. The zero-order valence-electron chi connectivity index (χ0n) is 20.1. The van der Waals surface area contributed by atoms with Crippen LogP contribution in [-0.4, -0.2) is 21.6 Å². The van der Waals surface area contributed by atoms with Crippen LogP contribution in [0.5, 0.6) is 0 Å². The maximum Gasteiger partial charge on any atom is 0.137 e. The van der Waals surface area contributed by atoms with Crippen molar-refractivity contribution in [1.82, 2.24) is 14.5 Å². The van der Waals surface area contributed by atoms with Crippen LogP contribution in [0.3, 0.4) is 0 Å². The highest BCUT2D eigenvalue weighted by Crippen LogP contribution is 2.35. The molecule has 6 rings (SSSR count). The van der Waals surface area contributed by atoms with Crippen LogP contribution >= 0.6 is 0 Å². The van der Waals surface area contributed by atoms with E-state index in [9.17, 15) is 0 Å². The van der Waals surface area contributed by atoms with Gasteiger partial charge in [0.05, 0.1) is 11.0 Å². The molecule has 0 atom stereocenters. The molecule has 0 unspecified atom stereocenters. The molecule has 170 valence electrons. The van der Waals surface area contributed by atoms with Gasteiger partial charge in [0.25, 0.3) is 0 Å². The van der Waals surface area contributed by atoms with E-state index in [0.29, 0.717) is 0 Å². The number of benzene rings is 3. The molecular weight excluding hydrogens is 428 g/mol. The van der Waals surface area contributed by atoms with Gasteiger partial charge in [-0.15, -0.1) is 0 Å². The highest BCUT2D eigenvalue weighted by molar-refractivity contribution is 6.10. The Hall–Kier alpha value is -4.44. The molecule has 0 aliphatic heterocycles. The van der Waals surface area contributed by atoms with E-state index in [0.717, 1.165) is 34.1 Å². The molecule has 0 saturated carbocycles. The van der Waals surface area contributed by atoms with Crippen LogP contribution in [0.2, 0.25) is 0 Å². The first-order chi connectivity index (χ1) is 17.1. The Morgan fingerprint density at radius 1 is 0.686 bits per heavy atom. The van der Waals surface area contributed by atoms with Crippen LogP contribution in [0.15, 0.2) is 103 Å². The van der Waals surface area contributed by atoms with Crippen molar-refractivity contribution in [3.8, 4) is 16.9 Å². The summed E-state index contributed by atoms with van der Waals surface area (Å²) < 4.78 is 2.28. The Bertz CT molecular complexity index is 1680. The van der Waals surface area contributed by atoms with Crippen molar-refractivity contribution in [2.75, 3.05) is 11.9 Å². The summed E-state index contributed by atoms with van der Waals surface area (Å²) in [6.07, 6.45) is 1.82. The summed E-state index contributed by atoms with van der Waals surface area (Å²) in [6, 6.07) is 34.1. The van der Waals surface area contributed by atoms with Gasteiger partial charge in [0.1, 0.15) is 11.6 Å². The number of hydrogen-bond donors (Lipinski definition) is 0. The van der Waals surface area contributed by atoms with E-state index < -0.39 is 0 Å². The Morgan fingerprint density at radius 2 is 1.49 bits per heavy atom. The summed E-state index contributed by atoms with van der Waals surface area (Å²) in [7, 11) is 2.05. The molecule has 4 nitrogen and oxygen atoms in total. The fourth-order valence-electron chi connectivity index (χ4n) is 4.72. The van der Waals surface area contributed by atoms with E-state index in [4.69, 9.17) is 4.98 Å². The topological polar surface area (TPSA) is 34.0 Å². The predicted octanol–water partition coefficient (Wildman–Crippen LogP) is 7.63. The molecule has 35 heavy (non-hydrogen) atoms. The van der Waals surface area contributed by atoms with Gasteiger partial charge in [-0.2, -0.15) is 0 Å². The van der Waals surface area contributed by atoms with Crippen LogP contribution < -0.4 is 4.90 Å². The van der Waals surface area contributed by atoms with Gasteiger partial charge < -0.3 is 4.90 Å². The lowest BCUT2D eigenvalue weighted by Gasteiger charge is -2.19. The lowest BCUT2D eigenvalue weighted by Crippen LogP contribution is -2.10. The third-order valence-electron chi connectivity index (χ3n) is 6.80. The normalized spacial score (nSPS) is 11.3. The van der Waals surface area contributed by atoms with Crippen molar-refractivity contribution < 1.29 is 0 Å². The minimum atomic E-state index is 0.918. The van der Waals surface area contributed by atoms with Crippen molar-refractivity contribution >= 4 is 33.3 Å². The molecule has 6 aromatic rings. The molecule has 0 aliphatic rings.